The lowest BCUT2D eigenvalue weighted by Gasteiger charge is -2.21. The molecule has 0 radical (unpaired) electrons. The van der Waals surface area contributed by atoms with Crippen LogP contribution < -0.4 is 10.1 Å². The van der Waals surface area contributed by atoms with E-state index in [0.29, 0.717) is 11.3 Å². The fourth-order valence-electron chi connectivity index (χ4n) is 2.04. The van der Waals surface area contributed by atoms with Crippen molar-refractivity contribution in [1.29, 1.82) is 0 Å². The summed E-state index contributed by atoms with van der Waals surface area (Å²) in [5.74, 6) is 0.709. The summed E-state index contributed by atoms with van der Waals surface area (Å²) >= 11 is 0. The molecule has 0 spiro atoms. The number of carbonyl (C=O) groups is 1. The first kappa shape index (κ1) is 14.8. The Hall–Kier alpha value is -1.26. The lowest BCUT2D eigenvalue weighted by atomic mass is 10.1. The molecule has 4 nitrogen and oxygen atoms in total. The molecule has 1 saturated heterocycles. The van der Waals surface area contributed by atoms with Gasteiger partial charge in [0.05, 0.1) is 12.7 Å². The van der Waals surface area contributed by atoms with Crippen molar-refractivity contribution in [3.63, 3.8) is 0 Å². The molecule has 1 aliphatic rings. The second-order valence-electron chi connectivity index (χ2n) is 4.10. The summed E-state index contributed by atoms with van der Waals surface area (Å²) in [5, 5.41) is 3.29. The number of methoxy groups -OCH3 is 1. The van der Waals surface area contributed by atoms with E-state index in [1.54, 1.807) is 7.11 Å². The van der Waals surface area contributed by atoms with Crippen LogP contribution in [0, 0.1) is 0 Å². The molecule has 18 heavy (non-hydrogen) atoms. The molecule has 0 aliphatic carbocycles. The van der Waals surface area contributed by atoms with E-state index < -0.39 is 0 Å². The molecule has 1 aromatic carbocycles. The number of benzene rings is 1. The van der Waals surface area contributed by atoms with Gasteiger partial charge in [0.15, 0.2) is 0 Å². The number of halogens is 1. The molecular weight excluding hydrogens is 252 g/mol. The first-order chi connectivity index (χ1) is 8.33. The summed E-state index contributed by atoms with van der Waals surface area (Å²) in [7, 11) is 1.59. The zero-order valence-corrected chi connectivity index (χ0v) is 11.3. The van der Waals surface area contributed by atoms with Crippen molar-refractivity contribution >= 4 is 18.3 Å². The number of ether oxygens (including phenoxy) is 1. The second-order valence-corrected chi connectivity index (χ2v) is 4.10. The third kappa shape index (κ3) is 3.37. The molecule has 0 atom stereocenters. The Morgan fingerprint density at radius 1 is 1.28 bits per heavy atom. The highest BCUT2D eigenvalue weighted by atomic mass is 35.5. The molecule has 0 unspecified atom stereocenters. The zero-order chi connectivity index (χ0) is 12.1. The topological polar surface area (TPSA) is 41.6 Å². The van der Waals surface area contributed by atoms with E-state index in [0.717, 1.165) is 32.6 Å². The SMILES string of the molecule is COc1ccccc1C(=O)N1CCCNCC1.Cl. The second kappa shape index (κ2) is 7.24. The molecule has 1 fully saturated rings. The molecule has 100 valence electrons. The van der Waals surface area contributed by atoms with Crippen LogP contribution in [0.2, 0.25) is 0 Å². The Kier molecular flexibility index (Phi) is 5.95. The fourth-order valence-corrected chi connectivity index (χ4v) is 2.04. The van der Waals surface area contributed by atoms with E-state index in [1.807, 2.05) is 29.2 Å². The highest BCUT2D eigenvalue weighted by molar-refractivity contribution is 5.97. The number of nitrogens with zero attached hydrogens (tertiary/aromatic N) is 1. The Labute approximate surface area is 114 Å². The number of carbonyl (C=O) groups excluding carboxylic acids is 1. The summed E-state index contributed by atoms with van der Waals surface area (Å²) in [4.78, 5) is 14.2. The van der Waals surface area contributed by atoms with Gasteiger partial charge in [0.1, 0.15) is 5.75 Å². The van der Waals surface area contributed by atoms with Crippen LogP contribution >= 0.6 is 12.4 Å². The molecule has 0 saturated carbocycles. The van der Waals surface area contributed by atoms with Crippen molar-refractivity contribution < 1.29 is 9.53 Å². The maximum Gasteiger partial charge on any atom is 0.257 e. The minimum Gasteiger partial charge on any atom is -0.496 e. The van der Waals surface area contributed by atoms with Gasteiger partial charge in [-0.25, -0.2) is 0 Å². The first-order valence-electron chi connectivity index (χ1n) is 5.96. The van der Waals surface area contributed by atoms with Crippen LogP contribution in [0.3, 0.4) is 0 Å². The van der Waals surface area contributed by atoms with E-state index in [4.69, 9.17) is 4.74 Å². The Morgan fingerprint density at radius 2 is 2.06 bits per heavy atom. The van der Waals surface area contributed by atoms with E-state index >= 15 is 0 Å². The van der Waals surface area contributed by atoms with Crippen molar-refractivity contribution in [2.75, 3.05) is 33.3 Å². The van der Waals surface area contributed by atoms with Gasteiger partial charge < -0.3 is 15.0 Å². The molecule has 1 N–H and O–H groups in total. The van der Waals surface area contributed by atoms with Gasteiger partial charge in [-0.15, -0.1) is 12.4 Å². The minimum atomic E-state index is 0. The quantitative estimate of drug-likeness (QED) is 0.887. The third-order valence-electron chi connectivity index (χ3n) is 2.96. The fraction of sp³-hybridized carbons (Fsp3) is 0.462. The maximum atomic E-state index is 12.4. The smallest absolute Gasteiger partial charge is 0.257 e. The third-order valence-corrected chi connectivity index (χ3v) is 2.96. The molecule has 0 aromatic heterocycles. The monoisotopic (exact) mass is 270 g/mol. The Balaban J connectivity index is 0.00000162. The Morgan fingerprint density at radius 3 is 2.83 bits per heavy atom. The lowest BCUT2D eigenvalue weighted by Crippen LogP contribution is -2.34. The van der Waals surface area contributed by atoms with Crippen molar-refractivity contribution in [2.45, 2.75) is 6.42 Å². The van der Waals surface area contributed by atoms with E-state index in [1.165, 1.54) is 0 Å². The largest absolute Gasteiger partial charge is 0.496 e. The molecule has 2 rings (SSSR count). The summed E-state index contributed by atoms with van der Waals surface area (Å²) in [6.07, 6.45) is 1.00. The van der Waals surface area contributed by atoms with Crippen molar-refractivity contribution in [1.82, 2.24) is 10.2 Å². The van der Waals surface area contributed by atoms with Gasteiger partial charge in [-0.3, -0.25) is 4.79 Å². The number of hydrogen-bond acceptors (Lipinski definition) is 3. The number of hydrogen-bond donors (Lipinski definition) is 1. The van der Waals surface area contributed by atoms with Crippen molar-refractivity contribution in [2.24, 2.45) is 0 Å². The minimum absolute atomic E-state index is 0. The standard InChI is InChI=1S/C13H18N2O2.ClH/c1-17-12-6-3-2-5-11(12)13(16)15-9-4-7-14-8-10-15;/h2-3,5-6,14H,4,7-10H2,1H3;1H. The molecule has 5 heteroatoms. The van der Waals surface area contributed by atoms with Gasteiger partial charge >= 0.3 is 0 Å². The predicted octanol–water partition coefficient (Wildman–Crippen LogP) is 1.55. The molecular formula is C13H19ClN2O2. The average molecular weight is 271 g/mol. The van der Waals surface area contributed by atoms with E-state index in [2.05, 4.69) is 5.32 Å². The lowest BCUT2D eigenvalue weighted by molar-refractivity contribution is 0.0763. The van der Waals surface area contributed by atoms with Crippen LogP contribution in [-0.2, 0) is 0 Å². The number of rotatable bonds is 2. The van der Waals surface area contributed by atoms with Crippen LogP contribution in [0.25, 0.3) is 0 Å². The van der Waals surface area contributed by atoms with Crippen molar-refractivity contribution in [3.8, 4) is 5.75 Å². The van der Waals surface area contributed by atoms with Gasteiger partial charge in [0.25, 0.3) is 5.91 Å². The van der Waals surface area contributed by atoms with Crippen LogP contribution in [0.15, 0.2) is 24.3 Å². The van der Waals surface area contributed by atoms with E-state index in [9.17, 15) is 4.79 Å². The summed E-state index contributed by atoms with van der Waals surface area (Å²) in [6, 6.07) is 7.38. The normalized spacial score (nSPS) is 15.5. The van der Waals surface area contributed by atoms with Crippen molar-refractivity contribution in [3.05, 3.63) is 29.8 Å². The molecule has 1 aromatic rings. The van der Waals surface area contributed by atoms with Crippen LogP contribution in [-0.4, -0.2) is 44.1 Å². The molecule has 1 amide bonds. The number of amides is 1. The maximum absolute atomic E-state index is 12.4. The van der Waals surface area contributed by atoms with Gasteiger partial charge in [-0.2, -0.15) is 0 Å². The summed E-state index contributed by atoms with van der Waals surface area (Å²) in [5.41, 5.74) is 0.650. The highest BCUT2D eigenvalue weighted by Crippen LogP contribution is 2.19. The molecule has 1 aliphatic heterocycles. The Bertz CT molecular complexity index is 390. The first-order valence-corrected chi connectivity index (χ1v) is 5.96. The summed E-state index contributed by atoms with van der Waals surface area (Å²) < 4.78 is 5.23. The zero-order valence-electron chi connectivity index (χ0n) is 10.5. The van der Waals surface area contributed by atoms with Crippen LogP contribution in [0.5, 0.6) is 5.75 Å². The van der Waals surface area contributed by atoms with Crippen LogP contribution in [0.1, 0.15) is 16.8 Å². The predicted molar refractivity (Wildman–Crippen MR) is 73.6 cm³/mol. The summed E-state index contributed by atoms with van der Waals surface area (Å²) in [6.45, 7) is 3.41. The average Bonchev–Trinajstić information content (AvgIpc) is 2.66. The number of nitrogens with one attached hydrogen (secondary N) is 1. The van der Waals surface area contributed by atoms with Gasteiger partial charge in [-0.05, 0) is 25.1 Å². The molecule has 0 bridgehead atoms. The van der Waals surface area contributed by atoms with Gasteiger partial charge in [0, 0.05) is 19.6 Å². The van der Waals surface area contributed by atoms with Crippen LogP contribution in [0.4, 0.5) is 0 Å². The molecule has 1 heterocycles. The van der Waals surface area contributed by atoms with Gasteiger partial charge in [0.2, 0.25) is 0 Å². The number of para-hydroxylation sites is 1. The van der Waals surface area contributed by atoms with Gasteiger partial charge in [-0.1, -0.05) is 12.1 Å². The highest BCUT2D eigenvalue weighted by Gasteiger charge is 2.19. The van der Waals surface area contributed by atoms with E-state index in [-0.39, 0.29) is 18.3 Å².